The minimum absolute atomic E-state index is 0.551. The Kier molecular flexibility index (Phi) is 5.89. The number of nitrogens with one attached hydrogen (secondary N) is 1. The van der Waals surface area contributed by atoms with E-state index < -0.39 is 0 Å². The molecule has 0 aliphatic carbocycles. The van der Waals surface area contributed by atoms with Crippen LogP contribution < -0.4 is 15.1 Å². The summed E-state index contributed by atoms with van der Waals surface area (Å²) in [5.74, 6) is 4.22. The Morgan fingerprint density at radius 1 is 0.862 bits per heavy atom. The van der Waals surface area contributed by atoms with Gasteiger partial charge in [0.15, 0.2) is 5.82 Å². The van der Waals surface area contributed by atoms with Gasteiger partial charge in [-0.2, -0.15) is 0 Å². The lowest BCUT2D eigenvalue weighted by Gasteiger charge is -2.36. The molecule has 1 saturated heterocycles. The van der Waals surface area contributed by atoms with E-state index >= 15 is 0 Å². The number of hydrogen-bond acceptors (Lipinski definition) is 6. The molecule has 1 aromatic carbocycles. The molecule has 2 aromatic heterocycles. The zero-order valence-corrected chi connectivity index (χ0v) is 17.1. The van der Waals surface area contributed by atoms with Gasteiger partial charge in [0, 0.05) is 50.6 Å². The maximum atomic E-state index is 4.89. The Bertz CT molecular complexity index is 905. The topological polar surface area (TPSA) is 57.2 Å². The molecule has 0 radical (unpaired) electrons. The lowest BCUT2D eigenvalue weighted by molar-refractivity contribution is 0.641. The Labute approximate surface area is 172 Å². The van der Waals surface area contributed by atoms with E-state index in [9.17, 15) is 0 Å². The number of nitrogens with zero attached hydrogens (tertiary/aromatic N) is 5. The van der Waals surface area contributed by atoms with Gasteiger partial charge in [-0.1, -0.05) is 50.2 Å². The van der Waals surface area contributed by atoms with E-state index in [4.69, 9.17) is 9.97 Å². The SMILES string of the molecule is CC(C)CNc1cc(N2CCN(c3ccccn3)CC2)nc(-c2ccccc2)n1. The number of rotatable bonds is 6. The molecule has 1 aliphatic rings. The summed E-state index contributed by atoms with van der Waals surface area (Å²) in [4.78, 5) is 18.8. The second-order valence-corrected chi connectivity index (χ2v) is 7.74. The van der Waals surface area contributed by atoms with E-state index in [1.165, 1.54) is 0 Å². The summed E-state index contributed by atoms with van der Waals surface area (Å²) in [7, 11) is 0. The van der Waals surface area contributed by atoms with E-state index in [0.29, 0.717) is 5.92 Å². The average molecular weight is 389 g/mol. The van der Waals surface area contributed by atoms with Gasteiger partial charge in [-0.25, -0.2) is 15.0 Å². The molecule has 3 aromatic rings. The van der Waals surface area contributed by atoms with Gasteiger partial charge < -0.3 is 15.1 Å². The highest BCUT2D eigenvalue weighted by Crippen LogP contribution is 2.24. The summed E-state index contributed by atoms with van der Waals surface area (Å²) in [6.45, 7) is 8.95. The van der Waals surface area contributed by atoms with Crippen molar-refractivity contribution in [2.75, 3.05) is 47.8 Å². The van der Waals surface area contributed by atoms with Gasteiger partial charge in [0.2, 0.25) is 0 Å². The fourth-order valence-electron chi connectivity index (χ4n) is 3.42. The molecule has 29 heavy (non-hydrogen) atoms. The average Bonchev–Trinajstić information content (AvgIpc) is 2.79. The van der Waals surface area contributed by atoms with Crippen LogP contribution in [0.1, 0.15) is 13.8 Å². The van der Waals surface area contributed by atoms with Crippen molar-refractivity contribution in [1.82, 2.24) is 15.0 Å². The number of hydrogen-bond donors (Lipinski definition) is 1. The Morgan fingerprint density at radius 3 is 2.21 bits per heavy atom. The van der Waals surface area contributed by atoms with Crippen molar-refractivity contribution in [3.05, 3.63) is 60.8 Å². The fraction of sp³-hybridized carbons (Fsp3) is 0.348. The number of pyridine rings is 1. The van der Waals surface area contributed by atoms with Crippen LogP contribution in [0, 0.1) is 5.92 Å². The molecular weight excluding hydrogens is 360 g/mol. The first-order chi connectivity index (χ1) is 14.2. The third-order valence-electron chi connectivity index (χ3n) is 5.01. The molecule has 1 aliphatic heterocycles. The van der Waals surface area contributed by atoms with Crippen molar-refractivity contribution < 1.29 is 0 Å². The molecule has 6 heteroatoms. The van der Waals surface area contributed by atoms with Crippen LogP contribution in [0.5, 0.6) is 0 Å². The second-order valence-electron chi connectivity index (χ2n) is 7.74. The summed E-state index contributed by atoms with van der Waals surface area (Å²) in [5.41, 5.74) is 1.04. The molecule has 4 rings (SSSR count). The third-order valence-corrected chi connectivity index (χ3v) is 5.01. The van der Waals surface area contributed by atoms with Crippen LogP contribution in [0.2, 0.25) is 0 Å². The van der Waals surface area contributed by atoms with Crippen LogP contribution in [0.15, 0.2) is 60.8 Å². The first-order valence-corrected chi connectivity index (χ1v) is 10.3. The van der Waals surface area contributed by atoms with Crippen molar-refractivity contribution in [1.29, 1.82) is 0 Å². The maximum absolute atomic E-state index is 4.89. The summed E-state index contributed by atoms with van der Waals surface area (Å²) >= 11 is 0. The highest BCUT2D eigenvalue weighted by molar-refractivity contribution is 5.62. The van der Waals surface area contributed by atoms with Gasteiger partial charge in [-0.3, -0.25) is 0 Å². The molecule has 0 bridgehead atoms. The molecule has 0 atom stereocenters. The molecule has 0 unspecified atom stereocenters. The van der Waals surface area contributed by atoms with Crippen LogP contribution in [-0.4, -0.2) is 47.7 Å². The number of aromatic nitrogens is 3. The van der Waals surface area contributed by atoms with Crippen molar-refractivity contribution in [2.24, 2.45) is 5.92 Å². The van der Waals surface area contributed by atoms with Crippen LogP contribution in [0.3, 0.4) is 0 Å². The lowest BCUT2D eigenvalue weighted by atomic mass is 10.2. The molecular formula is C23H28N6. The van der Waals surface area contributed by atoms with E-state index in [-0.39, 0.29) is 0 Å². The van der Waals surface area contributed by atoms with Gasteiger partial charge in [-0.15, -0.1) is 0 Å². The Hall–Kier alpha value is -3.15. The summed E-state index contributed by atoms with van der Waals surface area (Å²) in [5, 5.41) is 3.47. The smallest absolute Gasteiger partial charge is 0.163 e. The number of benzene rings is 1. The van der Waals surface area contributed by atoms with Crippen molar-refractivity contribution in [2.45, 2.75) is 13.8 Å². The van der Waals surface area contributed by atoms with Gasteiger partial charge in [0.05, 0.1) is 0 Å². The monoisotopic (exact) mass is 388 g/mol. The second kappa shape index (κ2) is 8.90. The molecule has 0 amide bonds. The van der Waals surface area contributed by atoms with Crippen LogP contribution in [-0.2, 0) is 0 Å². The largest absolute Gasteiger partial charge is 0.370 e. The molecule has 6 nitrogen and oxygen atoms in total. The Balaban J connectivity index is 1.55. The zero-order chi connectivity index (χ0) is 20.1. The summed E-state index contributed by atoms with van der Waals surface area (Å²) in [6.07, 6.45) is 1.85. The van der Waals surface area contributed by atoms with Crippen LogP contribution >= 0.6 is 0 Å². The zero-order valence-electron chi connectivity index (χ0n) is 17.1. The normalized spacial score (nSPS) is 14.3. The van der Waals surface area contributed by atoms with E-state index in [1.54, 1.807) is 0 Å². The predicted octanol–water partition coefficient (Wildman–Crippen LogP) is 3.93. The van der Waals surface area contributed by atoms with Crippen molar-refractivity contribution in [3.63, 3.8) is 0 Å². The number of anilines is 3. The van der Waals surface area contributed by atoms with Gasteiger partial charge >= 0.3 is 0 Å². The molecule has 150 valence electrons. The highest BCUT2D eigenvalue weighted by Gasteiger charge is 2.20. The highest BCUT2D eigenvalue weighted by atomic mass is 15.3. The molecule has 3 heterocycles. The lowest BCUT2D eigenvalue weighted by Crippen LogP contribution is -2.47. The molecule has 0 spiro atoms. The van der Waals surface area contributed by atoms with Gasteiger partial charge in [-0.05, 0) is 18.1 Å². The van der Waals surface area contributed by atoms with E-state index in [0.717, 1.165) is 61.6 Å². The Morgan fingerprint density at radius 2 is 1.55 bits per heavy atom. The van der Waals surface area contributed by atoms with Crippen molar-refractivity contribution >= 4 is 17.5 Å². The standard InChI is InChI=1S/C23H28N6/c1-18(2)17-25-20-16-22(27-23(26-20)19-8-4-3-5-9-19)29-14-12-28(13-15-29)21-10-6-7-11-24-21/h3-11,16,18H,12-15,17H2,1-2H3,(H,25,26,27). The quantitative estimate of drug-likeness (QED) is 0.690. The minimum Gasteiger partial charge on any atom is -0.370 e. The maximum Gasteiger partial charge on any atom is 0.163 e. The third kappa shape index (κ3) is 4.83. The van der Waals surface area contributed by atoms with E-state index in [2.05, 4.69) is 58.2 Å². The number of piperazine rings is 1. The fourth-order valence-corrected chi connectivity index (χ4v) is 3.42. The van der Waals surface area contributed by atoms with E-state index in [1.807, 2.05) is 36.5 Å². The molecule has 1 N–H and O–H groups in total. The predicted molar refractivity (Wildman–Crippen MR) is 119 cm³/mol. The summed E-state index contributed by atoms with van der Waals surface area (Å²) < 4.78 is 0. The van der Waals surface area contributed by atoms with Crippen LogP contribution in [0.25, 0.3) is 11.4 Å². The van der Waals surface area contributed by atoms with Crippen LogP contribution in [0.4, 0.5) is 17.5 Å². The summed E-state index contributed by atoms with van der Waals surface area (Å²) in [6, 6.07) is 18.3. The van der Waals surface area contributed by atoms with Gasteiger partial charge in [0.25, 0.3) is 0 Å². The van der Waals surface area contributed by atoms with Gasteiger partial charge in [0.1, 0.15) is 17.5 Å². The first-order valence-electron chi connectivity index (χ1n) is 10.3. The molecule has 1 fully saturated rings. The minimum atomic E-state index is 0.551. The first kappa shape index (κ1) is 19.2. The van der Waals surface area contributed by atoms with Crippen molar-refractivity contribution in [3.8, 4) is 11.4 Å². The molecule has 0 saturated carbocycles.